The van der Waals surface area contributed by atoms with Gasteiger partial charge in [-0.2, -0.15) is 5.10 Å². The van der Waals surface area contributed by atoms with Gasteiger partial charge in [0.05, 0.1) is 23.4 Å². The van der Waals surface area contributed by atoms with E-state index < -0.39 is 11.4 Å². The van der Waals surface area contributed by atoms with Gasteiger partial charge in [-0.3, -0.25) is 4.79 Å². The van der Waals surface area contributed by atoms with Crippen LogP contribution in [0.15, 0.2) is 35.3 Å². The molecule has 23 heavy (non-hydrogen) atoms. The number of benzene rings is 1. The second-order valence-corrected chi connectivity index (χ2v) is 4.95. The fourth-order valence-electron chi connectivity index (χ4n) is 2.40. The Morgan fingerprint density at radius 1 is 1.35 bits per heavy atom. The van der Waals surface area contributed by atoms with Crippen LogP contribution in [0.4, 0.5) is 4.39 Å². The maximum atomic E-state index is 13.1. The molecule has 2 heterocycles. The molecule has 3 aromatic rings. The lowest BCUT2D eigenvalue weighted by molar-refractivity contribution is 0.0524. The van der Waals surface area contributed by atoms with Crippen LogP contribution in [0.3, 0.4) is 0 Å². The van der Waals surface area contributed by atoms with Crippen molar-refractivity contribution in [3.8, 4) is 5.69 Å². The van der Waals surface area contributed by atoms with E-state index in [2.05, 4.69) is 10.1 Å². The molecule has 1 N–H and O–H groups in total. The summed E-state index contributed by atoms with van der Waals surface area (Å²) < 4.78 is 19.4. The summed E-state index contributed by atoms with van der Waals surface area (Å²) >= 11 is 0. The van der Waals surface area contributed by atoms with E-state index in [-0.39, 0.29) is 18.0 Å². The average molecular weight is 315 g/mol. The first-order valence-corrected chi connectivity index (χ1v) is 7.07. The number of fused-ring (bicyclic) bond motifs is 1. The number of pyridine rings is 1. The predicted octanol–water partition coefficient (Wildman–Crippen LogP) is 2.34. The molecule has 0 fully saturated rings. The van der Waals surface area contributed by atoms with Gasteiger partial charge in [-0.25, -0.2) is 13.9 Å². The Kier molecular flexibility index (Phi) is 3.69. The number of aromatic amines is 1. The first kappa shape index (κ1) is 15.0. The minimum Gasteiger partial charge on any atom is -0.462 e. The molecule has 0 radical (unpaired) electrons. The van der Waals surface area contributed by atoms with E-state index in [0.717, 1.165) is 0 Å². The van der Waals surface area contributed by atoms with E-state index in [4.69, 9.17) is 4.74 Å². The Hall–Kier alpha value is -2.96. The van der Waals surface area contributed by atoms with E-state index in [0.29, 0.717) is 22.4 Å². The number of hydrogen-bond acceptors (Lipinski definition) is 4. The largest absolute Gasteiger partial charge is 0.462 e. The predicted molar refractivity (Wildman–Crippen MR) is 82.3 cm³/mol. The number of carbonyl (C=O) groups is 1. The number of nitrogens with zero attached hydrogens (tertiary/aromatic N) is 2. The SMILES string of the molecule is CCOC(=O)c1c[nH]c2c(c(C)nn2-c2ccc(F)cc2)c1=O. The molecule has 2 aromatic heterocycles. The maximum Gasteiger partial charge on any atom is 0.343 e. The van der Waals surface area contributed by atoms with Gasteiger partial charge < -0.3 is 9.72 Å². The molecule has 0 aliphatic carbocycles. The van der Waals surface area contributed by atoms with Crippen molar-refractivity contribution in [2.45, 2.75) is 13.8 Å². The standard InChI is InChI=1S/C16H14FN3O3/c1-3-23-16(22)12-8-18-15-13(14(12)21)9(2)19-20(15)11-6-4-10(17)5-7-11/h4-8H,3H2,1-2H3,(H,18,21). The number of aryl methyl sites for hydroxylation is 1. The second kappa shape index (κ2) is 5.68. The van der Waals surface area contributed by atoms with Gasteiger partial charge in [-0.1, -0.05) is 0 Å². The molecule has 0 bridgehead atoms. The van der Waals surface area contributed by atoms with E-state index >= 15 is 0 Å². The third kappa shape index (κ3) is 2.50. The molecule has 3 rings (SSSR count). The Labute approximate surface area is 130 Å². The van der Waals surface area contributed by atoms with Crippen LogP contribution in [0.25, 0.3) is 16.7 Å². The Morgan fingerprint density at radius 3 is 2.70 bits per heavy atom. The number of aromatic nitrogens is 3. The van der Waals surface area contributed by atoms with Gasteiger partial charge in [-0.05, 0) is 38.1 Å². The minimum absolute atomic E-state index is 0.0684. The molecule has 0 spiro atoms. The fraction of sp³-hybridized carbons (Fsp3) is 0.188. The second-order valence-electron chi connectivity index (χ2n) is 4.95. The molecule has 6 nitrogen and oxygen atoms in total. The van der Waals surface area contributed by atoms with E-state index in [1.807, 2.05) is 0 Å². The summed E-state index contributed by atoms with van der Waals surface area (Å²) in [5.74, 6) is -1.04. The summed E-state index contributed by atoms with van der Waals surface area (Å²) in [4.78, 5) is 27.3. The zero-order valence-corrected chi connectivity index (χ0v) is 12.6. The molecule has 0 atom stereocenters. The van der Waals surface area contributed by atoms with Gasteiger partial charge in [-0.15, -0.1) is 0 Å². The van der Waals surface area contributed by atoms with Crippen molar-refractivity contribution >= 4 is 17.0 Å². The third-order valence-corrected chi connectivity index (χ3v) is 3.45. The van der Waals surface area contributed by atoms with Crippen molar-refractivity contribution in [3.63, 3.8) is 0 Å². The summed E-state index contributed by atoms with van der Waals surface area (Å²) in [6.07, 6.45) is 1.31. The monoisotopic (exact) mass is 315 g/mol. The van der Waals surface area contributed by atoms with Crippen LogP contribution < -0.4 is 5.43 Å². The zero-order chi connectivity index (χ0) is 16.6. The maximum absolute atomic E-state index is 13.1. The van der Waals surface area contributed by atoms with Gasteiger partial charge >= 0.3 is 5.97 Å². The number of rotatable bonds is 3. The van der Waals surface area contributed by atoms with Crippen molar-refractivity contribution in [3.05, 3.63) is 57.8 Å². The molecule has 118 valence electrons. The molecule has 0 saturated carbocycles. The highest BCUT2D eigenvalue weighted by atomic mass is 19.1. The van der Waals surface area contributed by atoms with Crippen molar-refractivity contribution in [1.29, 1.82) is 0 Å². The van der Waals surface area contributed by atoms with Crippen LogP contribution in [0.5, 0.6) is 0 Å². The smallest absolute Gasteiger partial charge is 0.343 e. The summed E-state index contributed by atoms with van der Waals surface area (Å²) in [7, 11) is 0. The van der Waals surface area contributed by atoms with Crippen LogP contribution in [0.1, 0.15) is 23.0 Å². The van der Waals surface area contributed by atoms with Crippen molar-refractivity contribution < 1.29 is 13.9 Å². The fourth-order valence-corrected chi connectivity index (χ4v) is 2.40. The van der Waals surface area contributed by atoms with Gasteiger partial charge in [0.15, 0.2) is 0 Å². The van der Waals surface area contributed by atoms with E-state index in [9.17, 15) is 14.0 Å². The van der Waals surface area contributed by atoms with Gasteiger partial charge in [0.1, 0.15) is 17.0 Å². The highest BCUT2D eigenvalue weighted by Crippen LogP contribution is 2.18. The minimum atomic E-state index is -0.676. The molecule has 0 amide bonds. The van der Waals surface area contributed by atoms with Crippen molar-refractivity contribution in [2.24, 2.45) is 0 Å². The lowest BCUT2D eigenvalue weighted by Gasteiger charge is -2.04. The Balaban J connectivity index is 2.21. The summed E-state index contributed by atoms with van der Waals surface area (Å²) in [5, 5.41) is 4.61. The van der Waals surface area contributed by atoms with Gasteiger partial charge in [0.25, 0.3) is 0 Å². The molecule has 0 aliphatic heterocycles. The quantitative estimate of drug-likeness (QED) is 0.753. The van der Waals surface area contributed by atoms with E-state index in [1.54, 1.807) is 26.0 Å². The molecule has 1 aromatic carbocycles. The first-order valence-electron chi connectivity index (χ1n) is 7.07. The van der Waals surface area contributed by atoms with Gasteiger partial charge in [0, 0.05) is 6.20 Å². The van der Waals surface area contributed by atoms with Crippen molar-refractivity contribution in [2.75, 3.05) is 6.61 Å². The summed E-state index contributed by atoms with van der Waals surface area (Å²) in [5.41, 5.74) is 0.997. The van der Waals surface area contributed by atoms with Crippen molar-refractivity contribution in [1.82, 2.24) is 14.8 Å². The molecular formula is C16H14FN3O3. The van der Waals surface area contributed by atoms with Crippen LogP contribution in [0.2, 0.25) is 0 Å². The Morgan fingerprint density at radius 2 is 2.04 bits per heavy atom. The highest BCUT2D eigenvalue weighted by Gasteiger charge is 2.19. The number of carbonyl (C=O) groups excluding carboxylic acids is 1. The molecule has 7 heteroatoms. The zero-order valence-electron chi connectivity index (χ0n) is 12.6. The number of H-pyrrole nitrogens is 1. The highest BCUT2D eigenvalue weighted by molar-refractivity contribution is 5.93. The number of hydrogen-bond donors (Lipinski definition) is 1. The van der Waals surface area contributed by atoms with Crippen LogP contribution >= 0.6 is 0 Å². The number of esters is 1. The molecule has 0 unspecified atom stereocenters. The lowest BCUT2D eigenvalue weighted by atomic mass is 10.2. The summed E-state index contributed by atoms with van der Waals surface area (Å²) in [6.45, 7) is 3.53. The van der Waals surface area contributed by atoms with Crippen LogP contribution in [0, 0.1) is 12.7 Å². The van der Waals surface area contributed by atoms with Crippen LogP contribution in [-0.2, 0) is 4.74 Å². The average Bonchev–Trinajstić information content (AvgIpc) is 2.86. The van der Waals surface area contributed by atoms with Crippen LogP contribution in [-0.4, -0.2) is 27.3 Å². The third-order valence-electron chi connectivity index (χ3n) is 3.45. The topological polar surface area (TPSA) is 77.0 Å². The molecular weight excluding hydrogens is 301 g/mol. The summed E-state index contributed by atoms with van der Waals surface area (Å²) in [6, 6.07) is 5.73. The molecule has 0 saturated heterocycles. The number of halogens is 1. The van der Waals surface area contributed by atoms with Gasteiger partial charge in [0.2, 0.25) is 5.43 Å². The first-order chi connectivity index (χ1) is 11.0. The molecule has 0 aliphatic rings. The number of nitrogens with one attached hydrogen (secondary N) is 1. The number of ether oxygens (including phenoxy) is 1. The van der Waals surface area contributed by atoms with E-state index in [1.165, 1.54) is 23.0 Å². The lowest BCUT2D eigenvalue weighted by Crippen LogP contribution is -2.18. The normalized spacial score (nSPS) is 10.9. The Bertz CT molecular complexity index is 942.